The van der Waals surface area contributed by atoms with Gasteiger partial charge in [0.05, 0.1) is 18.4 Å². The number of amides is 1. The second-order valence-corrected chi connectivity index (χ2v) is 7.87. The van der Waals surface area contributed by atoms with Gasteiger partial charge in [0.1, 0.15) is 5.76 Å². The third kappa shape index (κ3) is 4.60. The van der Waals surface area contributed by atoms with Gasteiger partial charge in [-0.05, 0) is 44.2 Å². The molecule has 0 radical (unpaired) electrons. The van der Waals surface area contributed by atoms with Crippen molar-refractivity contribution in [1.82, 2.24) is 14.8 Å². The fourth-order valence-electron chi connectivity index (χ4n) is 4.12. The molecule has 6 heteroatoms. The number of rotatable bonds is 7. The number of benzene rings is 1. The molecule has 6 nitrogen and oxygen atoms in total. The van der Waals surface area contributed by atoms with Crippen LogP contribution in [0.2, 0.25) is 0 Å². The van der Waals surface area contributed by atoms with Crippen LogP contribution in [-0.2, 0) is 6.54 Å². The molecular formula is C24H30N4O2. The smallest absolute Gasteiger partial charge is 0.253 e. The highest BCUT2D eigenvalue weighted by atomic mass is 16.3. The molecule has 1 fully saturated rings. The highest BCUT2D eigenvalue weighted by Gasteiger charge is 2.19. The number of furan rings is 1. The summed E-state index contributed by atoms with van der Waals surface area (Å²) in [5.74, 6) is 0.884. The number of aromatic nitrogens is 1. The van der Waals surface area contributed by atoms with Gasteiger partial charge in [-0.3, -0.25) is 9.69 Å². The standard InChI is InChI=1S/C24H30N4O2/c1-19-17-23(20(2)28(19)18-22-9-6-16-30-22)24(29)25-10-11-26-12-14-27(15-13-26)21-7-4-3-5-8-21/h3-9,16-17H,10-15,18H2,1-2H3,(H,25,29). The van der Waals surface area contributed by atoms with Gasteiger partial charge in [-0.2, -0.15) is 0 Å². The van der Waals surface area contributed by atoms with Crippen molar-refractivity contribution in [1.29, 1.82) is 0 Å². The Kier molecular flexibility index (Phi) is 6.23. The van der Waals surface area contributed by atoms with Crippen molar-refractivity contribution in [2.24, 2.45) is 0 Å². The molecule has 2 aromatic heterocycles. The van der Waals surface area contributed by atoms with Crippen molar-refractivity contribution in [3.63, 3.8) is 0 Å². The van der Waals surface area contributed by atoms with Crippen molar-refractivity contribution in [3.05, 3.63) is 77.5 Å². The Hall–Kier alpha value is -2.99. The lowest BCUT2D eigenvalue weighted by molar-refractivity contribution is 0.0947. The van der Waals surface area contributed by atoms with Gasteiger partial charge >= 0.3 is 0 Å². The number of hydrogen-bond donors (Lipinski definition) is 1. The maximum absolute atomic E-state index is 12.7. The van der Waals surface area contributed by atoms with E-state index in [1.54, 1.807) is 6.26 Å². The van der Waals surface area contributed by atoms with Crippen LogP contribution in [0, 0.1) is 13.8 Å². The minimum absolute atomic E-state index is 0.00304. The monoisotopic (exact) mass is 406 g/mol. The first-order valence-electron chi connectivity index (χ1n) is 10.6. The third-order valence-corrected chi connectivity index (χ3v) is 5.92. The highest BCUT2D eigenvalue weighted by molar-refractivity contribution is 5.95. The van der Waals surface area contributed by atoms with Crippen LogP contribution in [0.5, 0.6) is 0 Å². The summed E-state index contributed by atoms with van der Waals surface area (Å²) in [5, 5.41) is 3.10. The Labute approximate surface area is 178 Å². The normalized spacial score (nSPS) is 14.8. The van der Waals surface area contributed by atoms with Gasteiger partial charge in [0.2, 0.25) is 0 Å². The van der Waals surface area contributed by atoms with Crippen LogP contribution in [-0.4, -0.2) is 54.6 Å². The van der Waals surface area contributed by atoms with E-state index >= 15 is 0 Å². The first-order valence-corrected chi connectivity index (χ1v) is 10.6. The summed E-state index contributed by atoms with van der Waals surface area (Å²) in [7, 11) is 0. The molecule has 0 unspecified atom stereocenters. The van der Waals surface area contributed by atoms with Crippen LogP contribution in [0.15, 0.2) is 59.2 Å². The molecule has 0 spiro atoms. The van der Waals surface area contributed by atoms with Crippen molar-refractivity contribution in [2.45, 2.75) is 20.4 Å². The summed E-state index contributed by atoms with van der Waals surface area (Å²) in [5.41, 5.74) is 4.06. The largest absolute Gasteiger partial charge is 0.467 e. The Morgan fingerprint density at radius 2 is 1.80 bits per heavy atom. The fourth-order valence-corrected chi connectivity index (χ4v) is 4.12. The van der Waals surface area contributed by atoms with E-state index in [1.807, 2.05) is 32.0 Å². The van der Waals surface area contributed by atoms with Crippen molar-refractivity contribution >= 4 is 11.6 Å². The molecule has 158 valence electrons. The van der Waals surface area contributed by atoms with Crippen molar-refractivity contribution < 1.29 is 9.21 Å². The van der Waals surface area contributed by atoms with Crippen LogP contribution in [0.1, 0.15) is 27.5 Å². The van der Waals surface area contributed by atoms with Gasteiger partial charge in [-0.15, -0.1) is 0 Å². The van der Waals surface area contributed by atoms with Crippen molar-refractivity contribution in [2.75, 3.05) is 44.2 Å². The molecule has 1 amide bonds. The van der Waals surface area contributed by atoms with Gasteiger partial charge < -0.3 is 19.2 Å². The second-order valence-electron chi connectivity index (χ2n) is 7.87. The molecular weight excluding hydrogens is 376 g/mol. The van der Waals surface area contributed by atoms with Gasteiger partial charge in [-0.25, -0.2) is 0 Å². The number of carbonyl (C=O) groups is 1. The first-order chi connectivity index (χ1) is 14.6. The molecule has 1 aliphatic heterocycles. The molecule has 3 heterocycles. The van der Waals surface area contributed by atoms with E-state index in [-0.39, 0.29) is 5.91 Å². The molecule has 0 bridgehead atoms. The van der Waals surface area contributed by atoms with Crippen LogP contribution in [0.25, 0.3) is 0 Å². The lowest BCUT2D eigenvalue weighted by Gasteiger charge is -2.36. The van der Waals surface area contributed by atoms with Gasteiger partial charge in [0, 0.05) is 56.3 Å². The van der Waals surface area contributed by atoms with E-state index in [4.69, 9.17) is 4.42 Å². The van der Waals surface area contributed by atoms with Gasteiger partial charge in [0.15, 0.2) is 0 Å². The zero-order valence-electron chi connectivity index (χ0n) is 17.8. The van der Waals surface area contributed by atoms with E-state index in [1.165, 1.54) is 5.69 Å². The molecule has 30 heavy (non-hydrogen) atoms. The number of nitrogens with zero attached hydrogens (tertiary/aromatic N) is 3. The topological polar surface area (TPSA) is 53.7 Å². The van der Waals surface area contributed by atoms with E-state index in [0.717, 1.165) is 55.4 Å². The Morgan fingerprint density at radius 1 is 1.03 bits per heavy atom. The molecule has 1 aromatic carbocycles. The zero-order chi connectivity index (χ0) is 20.9. The minimum atomic E-state index is -0.00304. The second kappa shape index (κ2) is 9.22. The Morgan fingerprint density at radius 3 is 2.50 bits per heavy atom. The lowest BCUT2D eigenvalue weighted by atomic mass is 10.2. The third-order valence-electron chi connectivity index (χ3n) is 5.92. The number of para-hydroxylation sites is 1. The first kappa shape index (κ1) is 20.3. The molecule has 1 aliphatic rings. The summed E-state index contributed by atoms with van der Waals surface area (Å²) in [6.07, 6.45) is 1.68. The van der Waals surface area contributed by atoms with Crippen LogP contribution in [0.4, 0.5) is 5.69 Å². The van der Waals surface area contributed by atoms with E-state index in [2.05, 4.69) is 50.0 Å². The maximum Gasteiger partial charge on any atom is 0.253 e. The molecule has 0 atom stereocenters. The molecule has 1 saturated heterocycles. The number of hydrogen-bond acceptors (Lipinski definition) is 4. The zero-order valence-corrected chi connectivity index (χ0v) is 17.8. The Balaban J connectivity index is 1.25. The highest BCUT2D eigenvalue weighted by Crippen LogP contribution is 2.18. The summed E-state index contributed by atoms with van der Waals surface area (Å²) in [6.45, 7) is 10.3. The SMILES string of the molecule is Cc1cc(C(=O)NCCN2CCN(c3ccccc3)CC2)c(C)n1Cc1ccco1. The lowest BCUT2D eigenvalue weighted by Crippen LogP contribution is -2.48. The molecule has 0 saturated carbocycles. The summed E-state index contributed by atoms with van der Waals surface area (Å²) in [4.78, 5) is 17.6. The number of anilines is 1. The van der Waals surface area contributed by atoms with Crippen molar-refractivity contribution in [3.8, 4) is 0 Å². The average molecular weight is 407 g/mol. The number of aryl methyl sites for hydroxylation is 1. The molecule has 4 rings (SSSR count). The fraction of sp³-hybridized carbons (Fsp3) is 0.375. The van der Waals surface area contributed by atoms with E-state index in [9.17, 15) is 4.79 Å². The van der Waals surface area contributed by atoms with Crippen LogP contribution < -0.4 is 10.2 Å². The van der Waals surface area contributed by atoms with Crippen LogP contribution in [0.3, 0.4) is 0 Å². The quantitative estimate of drug-likeness (QED) is 0.654. The maximum atomic E-state index is 12.7. The number of piperazine rings is 1. The summed E-state index contributed by atoms with van der Waals surface area (Å²) >= 11 is 0. The number of nitrogens with one attached hydrogen (secondary N) is 1. The molecule has 3 aromatic rings. The number of carbonyl (C=O) groups excluding carboxylic acids is 1. The average Bonchev–Trinajstić information content (AvgIpc) is 3.39. The van der Waals surface area contributed by atoms with Crippen LogP contribution >= 0.6 is 0 Å². The summed E-state index contributed by atoms with van der Waals surface area (Å²) < 4.78 is 7.58. The predicted octanol–water partition coefficient (Wildman–Crippen LogP) is 3.30. The van der Waals surface area contributed by atoms with E-state index in [0.29, 0.717) is 13.1 Å². The molecule has 0 aliphatic carbocycles. The van der Waals surface area contributed by atoms with Gasteiger partial charge in [0.25, 0.3) is 5.91 Å². The van der Waals surface area contributed by atoms with Gasteiger partial charge in [-0.1, -0.05) is 18.2 Å². The minimum Gasteiger partial charge on any atom is -0.467 e. The van der Waals surface area contributed by atoms with E-state index < -0.39 is 0 Å². The summed E-state index contributed by atoms with van der Waals surface area (Å²) in [6, 6.07) is 16.4. The predicted molar refractivity (Wildman–Crippen MR) is 119 cm³/mol. The Bertz CT molecular complexity index is 955. The molecule has 1 N–H and O–H groups in total.